The van der Waals surface area contributed by atoms with Crippen LogP contribution in [0.5, 0.6) is 11.5 Å². The van der Waals surface area contributed by atoms with E-state index in [2.05, 4.69) is 9.89 Å². The van der Waals surface area contributed by atoms with E-state index in [1.165, 1.54) is 6.26 Å². The van der Waals surface area contributed by atoms with Crippen LogP contribution in [0.15, 0.2) is 70.3 Å². The highest BCUT2D eigenvalue weighted by Crippen LogP contribution is 2.29. The van der Waals surface area contributed by atoms with Gasteiger partial charge in [0.15, 0.2) is 17.3 Å². The van der Waals surface area contributed by atoms with E-state index in [1.54, 1.807) is 30.5 Å². The van der Waals surface area contributed by atoms with Crippen LogP contribution in [0.3, 0.4) is 0 Å². The van der Waals surface area contributed by atoms with E-state index in [4.69, 9.17) is 9.15 Å². The number of phenols is 1. The van der Waals surface area contributed by atoms with Crippen LogP contribution in [0.1, 0.15) is 23.0 Å². The number of aromatic hydroxyl groups is 1. The van der Waals surface area contributed by atoms with Gasteiger partial charge in [-0.05, 0) is 55.5 Å². The molecule has 160 valence electrons. The number of amides is 1. The number of carbonyl (C=O) groups is 1. The number of phenolic OH excluding ortho intramolecular Hbond substituents is 1. The average molecular weight is 419 g/mol. The Morgan fingerprint density at radius 3 is 2.55 bits per heavy atom. The van der Waals surface area contributed by atoms with Gasteiger partial charge < -0.3 is 24.1 Å². The smallest absolute Gasteiger partial charge is 0.289 e. The van der Waals surface area contributed by atoms with Crippen LogP contribution >= 0.6 is 0 Å². The predicted molar refractivity (Wildman–Crippen MR) is 120 cm³/mol. The first-order valence-electron chi connectivity index (χ1n) is 10.3. The van der Waals surface area contributed by atoms with Crippen LogP contribution in [-0.4, -0.2) is 54.9 Å². The van der Waals surface area contributed by atoms with Crippen LogP contribution in [0, 0.1) is 0 Å². The van der Waals surface area contributed by atoms with Crippen molar-refractivity contribution in [2.45, 2.75) is 6.92 Å². The number of hydrogen-bond donors (Lipinski definition) is 1. The number of benzene rings is 2. The van der Waals surface area contributed by atoms with Gasteiger partial charge in [-0.15, -0.1) is 0 Å². The van der Waals surface area contributed by atoms with Crippen molar-refractivity contribution < 1.29 is 19.1 Å². The van der Waals surface area contributed by atoms with Gasteiger partial charge in [0, 0.05) is 43.6 Å². The maximum absolute atomic E-state index is 12.4. The molecule has 1 aliphatic heterocycles. The summed E-state index contributed by atoms with van der Waals surface area (Å²) in [7, 11) is 0. The largest absolute Gasteiger partial charge is 0.504 e. The molecule has 1 amide bonds. The third kappa shape index (κ3) is 4.71. The fourth-order valence-corrected chi connectivity index (χ4v) is 3.53. The van der Waals surface area contributed by atoms with Crippen molar-refractivity contribution in [1.29, 1.82) is 0 Å². The summed E-state index contributed by atoms with van der Waals surface area (Å²) in [6, 6.07) is 16.7. The minimum absolute atomic E-state index is 0.0639. The average Bonchev–Trinajstić information content (AvgIpc) is 3.35. The summed E-state index contributed by atoms with van der Waals surface area (Å²) in [6.07, 6.45) is 3.15. The molecule has 7 nitrogen and oxygen atoms in total. The molecular formula is C24H25N3O4. The fourth-order valence-electron chi connectivity index (χ4n) is 3.53. The number of piperazine rings is 1. The fraction of sp³-hybridized carbons (Fsp3) is 0.250. The van der Waals surface area contributed by atoms with Gasteiger partial charge in [0.05, 0.1) is 18.6 Å². The van der Waals surface area contributed by atoms with Crippen molar-refractivity contribution >= 4 is 23.5 Å². The second kappa shape index (κ2) is 9.38. The highest BCUT2D eigenvalue weighted by molar-refractivity contribution is 5.91. The molecular weight excluding hydrogens is 394 g/mol. The van der Waals surface area contributed by atoms with Gasteiger partial charge in [-0.1, -0.05) is 6.07 Å². The van der Waals surface area contributed by atoms with Gasteiger partial charge in [0.2, 0.25) is 0 Å². The summed E-state index contributed by atoms with van der Waals surface area (Å²) >= 11 is 0. The Kier molecular flexibility index (Phi) is 6.21. The first-order chi connectivity index (χ1) is 15.2. The maximum Gasteiger partial charge on any atom is 0.289 e. The van der Waals surface area contributed by atoms with Crippen LogP contribution in [-0.2, 0) is 0 Å². The monoisotopic (exact) mass is 419 g/mol. The molecule has 2 heterocycles. The number of aliphatic imine (C=N–C) groups is 1. The van der Waals surface area contributed by atoms with E-state index in [0.29, 0.717) is 36.8 Å². The standard InChI is InChI=1S/C24H25N3O4/c1-2-30-21-6-3-5-18(23(21)28)17-25-19-8-10-20(11-9-19)26-12-14-27(15-13-26)24(29)22-7-4-16-31-22/h3-11,16-17,28H,2,12-15H2,1H3. The molecule has 0 radical (unpaired) electrons. The van der Waals surface area contributed by atoms with Crippen LogP contribution in [0.2, 0.25) is 0 Å². The third-order valence-electron chi connectivity index (χ3n) is 5.20. The number of hydrogen-bond acceptors (Lipinski definition) is 6. The number of rotatable bonds is 6. The lowest BCUT2D eigenvalue weighted by Crippen LogP contribution is -2.48. The number of nitrogens with zero attached hydrogens (tertiary/aromatic N) is 3. The predicted octanol–water partition coefficient (Wildman–Crippen LogP) is 4.10. The molecule has 0 atom stereocenters. The molecule has 1 saturated heterocycles. The zero-order chi connectivity index (χ0) is 21.6. The number of carbonyl (C=O) groups excluding carboxylic acids is 1. The molecule has 0 saturated carbocycles. The van der Waals surface area contributed by atoms with Gasteiger partial charge in [0.25, 0.3) is 5.91 Å². The van der Waals surface area contributed by atoms with E-state index >= 15 is 0 Å². The lowest BCUT2D eigenvalue weighted by Gasteiger charge is -2.35. The topological polar surface area (TPSA) is 78.5 Å². The molecule has 7 heteroatoms. The Morgan fingerprint density at radius 2 is 1.87 bits per heavy atom. The van der Waals surface area contributed by atoms with E-state index in [1.807, 2.05) is 42.2 Å². The number of ether oxygens (including phenoxy) is 1. The van der Waals surface area contributed by atoms with Gasteiger partial charge in [-0.3, -0.25) is 9.79 Å². The molecule has 0 bridgehead atoms. The third-order valence-corrected chi connectivity index (χ3v) is 5.20. The quantitative estimate of drug-likeness (QED) is 0.609. The summed E-state index contributed by atoms with van der Waals surface area (Å²) in [5.74, 6) is 0.859. The van der Waals surface area contributed by atoms with Gasteiger partial charge in [-0.25, -0.2) is 0 Å². The van der Waals surface area contributed by atoms with Crippen molar-refractivity contribution in [3.8, 4) is 11.5 Å². The summed E-state index contributed by atoms with van der Waals surface area (Å²) < 4.78 is 10.6. The number of anilines is 1. The van der Waals surface area contributed by atoms with E-state index in [0.717, 1.165) is 24.5 Å². The van der Waals surface area contributed by atoms with Gasteiger partial charge in [0.1, 0.15) is 0 Å². The normalized spacial score (nSPS) is 14.2. The minimum atomic E-state index is -0.0639. The van der Waals surface area contributed by atoms with Crippen molar-refractivity contribution in [1.82, 2.24) is 4.90 Å². The molecule has 1 aliphatic rings. The van der Waals surface area contributed by atoms with Crippen molar-refractivity contribution in [3.63, 3.8) is 0 Å². The first-order valence-corrected chi connectivity index (χ1v) is 10.3. The van der Waals surface area contributed by atoms with Gasteiger partial charge in [-0.2, -0.15) is 0 Å². The number of furan rings is 1. The van der Waals surface area contributed by atoms with Gasteiger partial charge >= 0.3 is 0 Å². The van der Waals surface area contributed by atoms with Crippen LogP contribution < -0.4 is 9.64 Å². The second-order valence-corrected chi connectivity index (χ2v) is 7.16. The Bertz CT molecular complexity index is 1040. The Balaban J connectivity index is 1.36. The van der Waals surface area contributed by atoms with Crippen molar-refractivity contribution in [2.75, 3.05) is 37.7 Å². The molecule has 0 aliphatic carbocycles. The molecule has 1 aromatic heterocycles. The molecule has 4 rings (SSSR count). The Hall–Kier alpha value is -3.74. The highest BCUT2D eigenvalue weighted by Gasteiger charge is 2.23. The van der Waals surface area contributed by atoms with E-state index in [-0.39, 0.29) is 11.7 Å². The molecule has 0 unspecified atom stereocenters. The molecule has 3 aromatic rings. The Morgan fingerprint density at radius 1 is 1.10 bits per heavy atom. The van der Waals surface area contributed by atoms with E-state index in [9.17, 15) is 9.90 Å². The van der Waals surface area contributed by atoms with E-state index < -0.39 is 0 Å². The summed E-state index contributed by atoms with van der Waals surface area (Å²) in [5, 5.41) is 10.3. The summed E-state index contributed by atoms with van der Waals surface area (Å²) in [6.45, 7) is 5.17. The first kappa shape index (κ1) is 20.5. The molecule has 1 fully saturated rings. The lowest BCUT2D eigenvalue weighted by atomic mass is 10.2. The maximum atomic E-state index is 12.4. The molecule has 1 N–H and O–H groups in total. The number of para-hydroxylation sites is 1. The zero-order valence-corrected chi connectivity index (χ0v) is 17.4. The van der Waals surface area contributed by atoms with Crippen molar-refractivity contribution in [3.05, 3.63) is 72.2 Å². The highest BCUT2D eigenvalue weighted by atomic mass is 16.5. The SMILES string of the molecule is CCOc1cccc(C=Nc2ccc(N3CCN(C(=O)c4ccco4)CC3)cc2)c1O. The summed E-state index contributed by atoms with van der Waals surface area (Å²) in [5.41, 5.74) is 2.48. The zero-order valence-electron chi connectivity index (χ0n) is 17.4. The lowest BCUT2D eigenvalue weighted by molar-refractivity contribution is 0.0714. The van der Waals surface area contributed by atoms with Crippen LogP contribution in [0.25, 0.3) is 0 Å². The summed E-state index contributed by atoms with van der Waals surface area (Å²) in [4.78, 5) is 20.9. The molecule has 31 heavy (non-hydrogen) atoms. The molecule has 0 spiro atoms. The molecule has 2 aromatic carbocycles. The van der Waals surface area contributed by atoms with Crippen molar-refractivity contribution in [2.24, 2.45) is 4.99 Å². The second-order valence-electron chi connectivity index (χ2n) is 7.16. The minimum Gasteiger partial charge on any atom is -0.504 e. The Labute approximate surface area is 181 Å². The van der Waals surface area contributed by atoms with Crippen LogP contribution in [0.4, 0.5) is 11.4 Å².